The third kappa shape index (κ3) is 3.69. The predicted molar refractivity (Wildman–Crippen MR) is 111 cm³/mol. The highest BCUT2D eigenvalue weighted by atomic mass is 16.2. The maximum Gasteiger partial charge on any atom is 0.272 e. The summed E-state index contributed by atoms with van der Waals surface area (Å²) < 4.78 is 0. The second kappa shape index (κ2) is 8.19. The third-order valence-electron chi connectivity index (χ3n) is 5.86. The number of nitrogens with one attached hydrogen (secondary N) is 1. The van der Waals surface area contributed by atoms with Crippen LogP contribution in [-0.4, -0.2) is 59.1 Å². The van der Waals surface area contributed by atoms with Gasteiger partial charge in [0.1, 0.15) is 0 Å². The van der Waals surface area contributed by atoms with Crippen LogP contribution < -0.4 is 10.2 Å². The Labute approximate surface area is 171 Å². The molecule has 2 amide bonds. The number of nitrogens with zero attached hydrogens (tertiary/aromatic N) is 4. The van der Waals surface area contributed by atoms with Crippen molar-refractivity contribution in [2.45, 2.75) is 39.2 Å². The minimum Gasteiger partial charge on any atom is -0.351 e. The van der Waals surface area contributed by atoms with Gasteiger partial charge in [0.25, 0.3) is 11.8 Å². The zero-order chi connectivity index (χ0) is 20.4. The number of hydrogen-bond donors (Lipinski definition) is 1. The fourth-order valence-electron chi connectivity index (χ4n) is 4.19. The summed E-state index contributed by atoms with van der Waals surface area (Å²) in [5, 5.41) is 11.6. The second-order valence-electron chi connectivity index (χ2n) is 7.75. The van der Waals surface area contributed by atoms with Gasteiger partial charge in [-0.1, -0.05) is 31.5 Å². The number of rotatable bonds is 5. The molecule has 1 saturated heterocycles. The topological polar surface area (TPSA) is 78.4 Å². The predicted octanol–water partition coefficient (Wildman–Crippen LogP) is 2.20. The molecule has 1 unspecified atom stereocenters. The van der Waals surface area contributed by atoms with Gasteiger partial charge in [0.05, 0.1) is 6.04 Å². The lowest BCUT2D eigenvalue weighted by Gasteiger charge is -2.38. The monoisotopic (exact) mass is 393 g/mol. The summed E-state index contributed by atoms with van der Waals surface area (Å²) in [5.41, 5.74) is 3.12. The number of benzene rings is 1. The van der Waals surface area contributed by atoms with E-state index in [0.29, 0.717) is 25.3 Å². The van der Waals surface area contributed by atoms with Gasteiger partial charge in [-0.3, -0.25) is 9.59 Å². The normalized spacial score (nSPS) is 17.7. The fraction of sp³-hybridized carbons (Fsp3) is 0.455. The Bertz CT molecular complexity index is 915. The van der Waals surface area contributed by atoms with Gasteiger partial charge >= 0.3 is 0 Å². The molecular weight excluding hydrogens is 366 g/mol. The molecule has 1 N–H and O–H groups in total. The lowest BCUT2D eigenvalue weighted by atomic mass is 10.0. The van der Waals surface area contributed by atoms with E-state index in [1.165, 1.54) is 0 Å². The molecule has 0 spiro atoms. The molecule has 2 aliphatic rings. The van der Waals surface area contributed by atoms with Crippen molar-refractivity contribution in [3.05, 3.63) is 52.7 Å². The molecule has 2 aliphatic heterocycles. The van der Waals surface area contributed by atoms with Crippen LogP contribution in [-0.2, 0) is 6.42 Å². The Morgan fingerprint density at radius 1 is 1.17 bits per heavy atom. The largest absolute Gasteiger partial charge is 0.351 e. The molecule has 152 valence electrons. The number of carbonyl (C=O) groups is 2. The van der Waals surface area contributed by atoms with E-state index >= 15 is 0 Å². The lowest BCUT2D eigenvalue weighted by Crippen LogP contribution is -2.53. The summed E-state index contributed by atoms with van der Waals surface area (Å²) in [5.74, 6) is 0.779. The van der Waals surface area contributed by atoms with E-state index in [9.17, 15) is 9.59 Å². The van der Waals surface area contributed by atoms with Crippen molar-refractivity contribution in [2.75, 3.05) is 31.1 Å². The minimum absolute atomic E-state index is 0.0694. The molecule has 7 nitrogen and oxygen atoms in total. The first-order valence-electron chi connectivity index (χ1n) is 10.4. The number of aromatic nitrogens is 2. The molecule has 1 fully saturated rings. The van der Waals surface area contributed by atoms with Crippen LogP contribution in [0.25, 0.3) is 0 Å². The van der Waals surface area contributed by atoms with E-state index in [4.69, 9.17) is 0 Å². The first-order chi connectivity index (χ1) is 14.1. The second-order valence-corrected chi connectivity index (χ2v) is 7.75. The van der Waals surface area contributed by atoms with E-state index in [1.54, 1.807) is 0 Å². The van der Waals surface area contributed by atoms with Gasteiger partial charge in [-0.2, -0.15) is 0 Å². The van der Waals surface area contributed by atoms with Crippen molar-refractivity contribution >= 4 is 17.6 Å². The lowest BCUT2D eigenvalue weighted by molar-refractivity contribution is 0.0724. The van der Waals surface area contributed by atoms with Crippen LogP contribution in [0.3, 0.4) is 0 Å². The van der Waals surface area contributed by atoms with Crippen LogP contribution in [0.15, 0.2) is 30.3 Å². The van der Waals surface area contributed by atoms with Crippen LogP contribution in [0.1, 0.15) is 51.7 Å². The van der Waals surface area contributed by atoms with Crippen molar-refractivity contribution in [3.8, 4) is 0 Å². The smallest absolute Gasteiger partial charge is 0.272 e. The van der Waals surface area contributed by atoms with Crippen LogP contribution in [0.4, 0.5) is 5.82 Å². The van der Waals surface area contributed by atoms with Gasteiger partial charge in [0, 0.05) is 37.3 Å². The molecule has 3 heterocycles. The number of anilines is 1. The van der Waals surface area contributed by atoms with Crippen molar-refractivity contribution in [3.63, 3.8) is 0 Å². The Morgan fingerprint density at radius 2 is 1.97 bits per heavy atom. The highest BCUT2D eigenvalue weighted by molar-refractivity contribution is 5.95. The van der Waals surface area contributed by atoms with E-state index < -0.39 is 0 Å². The minimum atomic E-state index is -0.156. The summed E-state index contributed by atoms with van der Waals surface area (Å²) in [6, 6.07) is 9.59. The molecule has 2 aromatic rings. The summed E-state index contributed by atoms with van der Waals surface area (Å²) in [4.78, 5) is 29.5. The quantitative estimate of drug-likeness (QED) is 0.788. The molecule has 0 aliphatic carbocycles. The Morgan fingerprint density at radius 3 is 2.72 bits per heavy atom. The Hall–Kier alpha value is -2.96. The average Bonchev–Trinajstić information content (AvgIpc) is 3.13. The number of amides is 2. The van der Waals surface area contributed by atoms with Gasteiger partial charge in [-0.15, -0.1) is 10.2 Å². The van der Waals surface area contributed by atoms with E-state index in [2.05, 4.69) is 27.3 Å². The maximum atomic E-state index is 12.8. The molecular formula is C22H27N5O2. The molecule has 4 rings (SSSR count). The number of carbonyl (C=O) groups excluding carboxylic acids is 2. The Balaban J connectivity index is 1.49. The number of piperazine rings is 1. The van der Waals surface area contributed by atoms with E-state index in [-0.39, 0.29) is 17.9 Å². The van der Waals surface area contributed by atoms with Crippen molar-refractivity contribution in [2.24, 2.45) is 0 Å². The molecule has 29 heavy (non-hydrogen) atoms. The van der Waals surface area contributed by atoms with Crippen molar-refractivity contribution < 1.29 is 9.59 Å². The number of fused-ring (bicyclic) bond motifs is 3. The van der Waals surface area contributed by atoms with Crippen LogP contribution in [0, 0.1) is 6.92 Å². The van der Waals surface area contributed by atoms with Gasteiger partial charge in [0.2, 0.25) is 0 Å². The standard InChI is InChI=1S/C22H27N5O2/c1-3-4-10-23-21(28)19-15(2)18-13-17-14-26(11-12-27(17)20(18)25-24-19)22(29)16-8-6-5-7-9-16/h5-9,17H,3-4,10-14H2,1-2H3,(H,23,28). The van der Waals surface area contributed by atoms with Crippen LogP contribution in [0.5, 0.6) is 0 Å². The summed E-state index contributed by atoms with van der Waals surface area (Å²) in [6.07, 6.45) is 2.76. The zero-order valence-corrected chi connectivity index (χ0v) is 17.0. The first kappa shape index (κ1) is 19.4. The average molecular weight is 393 g/mol. The highest BCUT2D eigenvalue weighted by Gasteiger charge is 2.38. The number of unbranched alkanes of at least 4 members (excludes halogenated alkanes) is 1. The third-order valence-corrected chi connectivity index (χ3v) is 5.86. The fourth-order valence-corrected chi connectivity index (χ4v) is 4.19. The van der Waals surface area contributed by atoms with Gasteiger partial charge < -0.3 is 15.1 Å². The zero-order valence-electron chi connectivity index (χ0n) is 17.0. The molecule has 0 bridgehead atoms. The first-order valence-corrected chi connectivity index (χ1v) is 10.4. The maximum absolute atomic E-state index is 12.8. The SMILES string of the molecule is CCCCNC(=O)c1nnc2c(c1C)CC1CN(C(=O)c3ccccc3)CCN21. The van der Waals surface area contributed by atoms with E-state index in [1.807, 2.05) is 42.2 Å². The Kier molecular flexibility index (Phi) is 5.47. The molecule has 0 saturated carbocycles. The summed E-state index contributed by atoms with van der Waals surface area (Å²) in [6.45, 7) is 6.73. The van der Waals surface area contributed by atoms with Crippen molar-refractivity contribution in [1.29, 1.82) is 0 Å². The molecule has 1 atom stereocenters. The number of hydrogen-bond acceptors (Lipinski definition) is 5. The van der Waals surface area contributed by atoms with Crippen LogP contribution >= 0.6 is 0 Å². The van der Waals surface area contributed by atoms with Crippen molar-refractivity contribution in [1.82, 2.24) is 20.4 Å². The summed E-state index contributed by atoms with van der Waals surface area (Å²) >= 11 is 0. The van der Waals surface area contributed by atoms with Gasteiger partial charge in [-0.25, -0.2) is 0 Å². The molecule has 1 aromatic heterocycles. The summed E-state index contributed by atoms with van der Waals surface area (Å²) in [7, 11) is 0. The van der Waals surface area contributed by atoms with Gasteiger partial charge in [0.15, 0.2) is 11.5 Å². The van der Waals surface area contributed by atoms with Crippen LogP contribution in [0.2, 0.25) is 0 Å². The molecule has 7 heteroatoms. The molecule has 1 aromatic carbocycles. The van der Waals surface area contributed by atoms with E-state index in [0.717, 1.165) is 48.3 Å². The van der Waals surface area contributed by atoms with Gasteiger partial charge in [-0.05, 0) is 37.5 Å². The molecule has 0 radical (unpaired) electrons. The highest BCUT2D eigenvalue weighted by Crippen LogP contribution is 2.35.